The third-order valence-electron chi connectivity index (χ3n) is 5.18. The fraction of sp³-hybridized carbons (Fsp3) is 0.318. The van der Waals surface area contributed by atoms with Gasteiger partial charge in [0, 0.05) is 31.6 Å². The molecule has 1 aliphatic rings. The van der Waals surface area contributed by atoms with E-state index >= 15 is 0 Å². The summed E-state index contributed by atoms with van der Waals surface area (Å²) in [5.74, 6) is -0.299. The molecule has 1 aliphatic heterocycles. The molecular formula is C22H24FN3O3S2. The quantitative estimate of drug-likeness (QED) is 0.557. The van der Waals surface area contributed by atoms with Crippen LogP contribution in [0.1, 0.15) is 12.8 Å². The lowest BCUT2D eigenvalue weighted by Gasteiger charge is -2.14. The summed E-state index contributed by atoms with van der Waals surface area (Å²) in [6, 6.07) is 13.2. The minimum atomic E-state index is -3.56. The zero-order valence-corrected chi connectivity index (χ0v) is 19.0. The summed E-state index contributed by atoms with van der Waals surface area (Å²) in [6.07, 6.45) is 1.98. The second-order valence-corrected chi connectivity index (χ2v) is 10.5. The second kappa shape index (κ2) is 9.04. The van der Waals surface area contributed by atoms with Crippen LogP contribution in [0.15, 0.2) is 63.8 Å². The number of ether oxygens (including phenoxy) is 1. The van der Waals surface area contributed by atoms with Crippen molar-refractivity contribution in [1.82, 2.24) is 8.87 Å². The van der Waals surface area contributed by atoms with E-state index in [1.807, 2.05) is 9.95 Å². The predicted molar refractivity (Wildman–Crippen MR) is 119 cm³/mol. The number of hydrogen-bond donors (Lipinski definition) is 0. The molecule has 1 atom stereocenters. The van der Waals surface area contributed by atoms with Crippen LogP contribution in [-0.2, 0) is 21.3 Å². The first-order valence-corrected chi connectivity index (χ1v) is 12.3. The Kier molecular flexibility index (Phi) is 6.38. The molecule has 1 fully saturated rings. The SMILES string of the molecule is CN(C)S(=O)(=O)c1cccc(N=c2scc(-c3ccccc3F)n2C[C@@H]2CCCO2)c1. The molecule has 0 bridgehead atoms. The van der Waals surface area contributed by atoms with Crippen molar-refractivity contribution in [2.45, 2.75) is 30.4 Å². The molecule has 3 aromatic rings. The third-order valence-corrected chi connectivity index (χ3v) is 7.85. The first-order chi connectivity index (χ1) is 14.9. The van der Waals surface area contributed by atoms with Crippen molar-refractivity contribution in [3.05, 3.63) is 64.5 Å². The van der Waals surface area contributed by atoms with Gasteiger partial charge in [-0.3, -0.25) is 0 Å². The van der Waals surface area contributed by atoms with E-state index in [0.29, 0.717) is 22.6 Å². The summed E-state index contributed by atoms with van der Waals surface area (Å²) in [5.41, 5.74) is 1.75. The molecule has 0 saturated carbocycles. The van der Waals surface area contributed by atoms with Crippen molar-refractivity contribution in [1.29, 1.82) is 0 Å². The Balaban J connectivity index is 1.81. The topological polar surface area (TPSA) is 63.9 Å². The van der Waals surface area contributed by atoms with Gasteiger partial charge in [0.05, 0.1) is 28.9 Å². The van der Waals surface area contributed by atoms with Gasteiger partial charge in [0.2, 0.25) is 10.0 Å². The fourth-order valence-corrected chi connectivity index (χ4v) is 5.38. The van der Waals surface area contributed by atoms with Gasteiger partial charge in [-0.25, -0.2) is 22.1 Å². The van der Waals surface area contributed by atoms with Gasteiger partial charge in [-0.2, -0.15) is 0 Å². The fourth-order valence-electron chi connectivity index (χ4n) is 3.51. The third kappa shape index (κ3) is 4.64. The summed E-state index contributed by atoms with van der Waals surface area (Å²) in [5, 5.41) is 1.88. The number of sulfonamides is 1. The molecule has 0 N–H and O–H groups in total. The average Bonchev–Trinajstić information content (AvgIpc) is 3.40. The summed E-state index contributed by atoms with van der Waals surface area (Å²) in [6.45, 7) is 1.28. The molecule has 6 nitrogen and oxygen atoms in total. The van der Waals surface area contributed by atoms with Crippen LogP contribution in [0.3, 0.4) is 0 Å². The lowest BCUT2D eigenvalue weighted by Crippen LogP contribution is -2.24. The summed E-state index contributed by atoms with van der Waals surface area (Å²) < 4.78 is 48.4. The van der Waals surface area contributed by atoms with Crippen molar-refractivity contribution in [3.8, 4) is 11.3 Å². The van der Waals surface area contributed by atoms with Crippen LogP contribution in [0.5, 0.6) is 0 Å². The number of aromatic nitrogens is 1. The van der Waals surface area contributed by atoms with Gasteiger partial charge in [0.15, 0.2) is 4.80 Å². The average molecular weight is 462 g/mol. The maximum atomic E-state index is 14.5. The van der Waals surface area contributed by atoms with Gasteiger partial charge in [-0.05, 0) is 43.2 Å². The Morgan fingerprint density at radius 3 is 2.74 bits per heavy atom. The van der Waals surface area contributed by atoms with Gasteiger partial charge < -0.3 is 9.30 Å². The smallest absolute Gasteiger partial charge is 0.242 e. The van der Waals surface area contributed by atoms with E-state index in [9.17, 15) is 12.8 Å². The lowest BCUT2D eigenvalue weighted by molar-refractivity contribution is 0.0967. The Labute approximate surface area is 185 Å². The highest BCUT2D eigenvalue weighted by molar-refractivity contribution is 7.89. The molecule has 0 spiro atoms. The van der Waals surface area contributed by atoms with Gasteiger partial charge in [0.1, 0.15) is 5.82 Å². The molecular weight excluding hydrogens is 437 g/mol. The van der Waals surface area contributed by atoms with E-state index in [4.69, 9.17) is 9.73 Å². The minimum Gasteiger partial charge on any atom is -0.376 e. The van der Waals surface area contributed by atoms with Crippen LogP contribution in [-0.4, -0.2) is 44.1 Å². The van der Waals surface area contributed by atoms with Crippen LogP contribution in [0, 0.1) is 5.82 Å². The standard InChI is InChI=1S/C22H24FN3O3S2/c1-25(2)31(27,28)18-9-5-7-16(13-18)24-22-26(14-17-8-6-12-29-17)21(15-30-22)19-10-3-4-11-20(19)23/h3-5,7,9-11,13,15,17H,6,8,12,14H2,1-2H3/t17-/m0/s1. The molecule has 4 rings (SSSR count). The first-order valence-electron chi connectivity index (χ1n) is 9.98. The van der Waals surface area contributed by atoms with Gasteiger partial charge in [-0.1, -0.05) is 18.2 Å². The highest BCUT2D eigenvalue weighted by Gasteiger charge is 2.21. The van der Waals surface area contributed by atoms with Crippen molar-refractivity contribution >= 4 is 27.0 Å². The van der Waals surface area contributed by atoms with E-state index in [2.05, 4.69) is 0 Å². The maximum Gasteiger partial charge on any atom is 0.242 e. The van der Waals surface area contributed by atoms with E-state index < -0.39 is 10.0 Å². The number of benzene rings is 2. The van der Waals surface area contributed by atoms with Crippen LogP contribution >= 0.6 is 11.3 Å². The summed E-state index contributed by atoms with van der Waals surface area (Å²) >= 11 is 1.39. The lowest BCUT2D eigenvalue weighted by atomic mass is 10.1. The highest BCUT2D eigenvalue weighted by atomic mass is 32.2. The van der Waals surface area contributed by atoms with Gasteiger partial charge >= 0.3 is 0 Å². The number of hydrogen-bond acceptors (Lipinski definition) is 5. The Hall–Kier alpha value is -2.33. The zero-order valence-electron chi connectivity index (χ0n) is 17.4. The molecule has 1 saturated heterocycles. The number of nitrogens with zero attached hydrogens (tertiary/aromatic N) is 3. The van der Waals surface area contributed by atoms with E-state index in [1.165, 1.54) is 35.8 Å². The number of halogens is 1. The molecule has 164 valence electrons. The normalized spacial score (nSPS) is 17.5. The largest absolute Gasteiger partial charge is 0.376 e. The summed E-state index contributed by atoms with van der Waals surface area (Å²) in [7, 11) is -0.574. The van der Waals surface area contributed by atoms with Crippen molar-refractivity contribution in [2.75, 3.05) is 20.7 Å². The van der Waals surface area contributed by atoms with E-state index in [-0.39, 0.29) is 16.8 Å². The molecule has 2 aromatic carbocycles. The van der Waals surface area contributed by atoms with Crippen LogP contribution in [0.25, 0.3) is 11.3 Å². The molecule has 0 amide bonds. The van der Waals surface area contributed by atoms with Crippen molar-refractivity contribution in [3.63, 3.8) is 0 Å². The number of thiazole rings is 1. The minimum absolute atomic E-state index is 0.0412. The zero-order chi connectivity index (χ0) is 22.0. The Morgan fingerprint density at radius 1 is 1.23 bits per heavy atom. The Morgan fingerprint density at radius 2 is 2.03 bits per heavy atom. The molecule has 0 radical (unpaired) electrons. The molecule has 0 unspecified atom stereocenters. The molecule has 2 heterocycles. The van der Waals surface area contributed by atoms with Crippen molar-refractivity contribution in [2.24, 2.45) is 4.99 Å². The van der Waals surface area contributed by atoms with E-state index in [0.717, 1.165) is 25.1 Å². The Bertz CT molecular complexity index is 1240. The molecule has 31 heavy (non-hydrogen) atoms. The second-order valence-electron chi connectivity index (χ2n) is 7.53. The first kappa shape index (κ1) is 21.9. The molecule has 1 aromatic heterocycles. The van der Waals surface area contributed by atoms with Crippen LogP contribution < -0.4 is 4.80 Å². The van der Waals surface area contributed by atoms with Crippen LogP contribution in [0.4, 0.5) is 10.1 Å². The molecule has 0 aliphatic carbocycles. The van der Waals surface area contributed by atoms with Gasteiger partial charge in [0.25, 0.3) is 0 Å². The van der Waals surface area contributed by atoms with Crippen molar-refractivity contribution < 1.29 is 17.5 Å². The highest BCUT2D eigenvalue weighted by Crippen LogP contribution is 2.26. The van der Waals surface area contributed by atoms with Crippen LogP contribution in [0.2, 0.25) is 0 Å². The van der Waals surface area contributed by atoms with E-state index in [1.54, 1.807) is 42.5 Å². The van der Waals surface area contributed by atoms with Gasteiger partial charge in [-0.15, -0.1) is 11.3 Å². The predicted octanol–water partition coefficient (Wildman–Crippen LogP) is 4.02. The maximum absolute atomic E-state index is 14.5. The molecule has 9 heteroatoms. The summed E-state index contributed by atoms with van der Waals surface area (Å²) in [4.78, 5) is 5.55. The number of rotatable bonds is 6. The monoisotopic (exact) mass is 461 g/mol.